The van der Waals surface area contributed by atoms with Gasteiger partial charge in [0.1, 0.15) is 0 Å². The largest absolute Gasteiger partial charge is 0.294 e. The smallest absolute Gasteiger partial charge is 0.165 e. The molecule has 3 rings (SSSR count). The van der Waals surface area contributed by atoms with Gasteiger partial charge in [0.2, 0.25) is 0 Å². The van der Waals surface area contributed by atoms with Crippen LogP contribution in [0.2, 0.25) is 0 Å². The summed E-state index contributed by atoms with van der Waals surface area (Å²) in [4.78, 5) is 12.6. The van der Waals surface area contributed by atoms with E-state index < -0.39 is 0 Å². The maximum atomic E-state index is 12.6. The Morgan fingerprint density at radius 3 is 2.00 bits per heavy atom. The summed E-state index contributed by atoms with van der Waals surface area (Å²) in [6.45, 7) is 2.29. The van der Waals surface area contributed by atoms with Gasteiger partial charge >= 0.3 is 0 Å². The van der Waals surface area contributed by atoms with Crippen molar-refractivity contribution < 1.29 is 4.79 Å². The molecule has 0 bridgehead atoms. The lowest BCUT2D eigenvalue weighted by Gasteiger charge is -2.25. The van der Waals surface area contributed by atoms with E-state index in [9.17, 15) is 4.79 Å². The minimum Gasteiger partial charge on any atom is -0.294 e. The lowest BCUT2D eigenvalue weighted by molar-refractivity contribution is 0.0875. The van der Waals surface area contributed by atoms with Gasteiger partial charge in [-0.05, 0) is 29.9 Å². The molecule has 0 amide bonds. The molecule has 0 heterocycles. The summed E-state index contributed by atoms with van der Waals surface area (Å²) in [6, 6.07) is 18.4. The van der Waals surface area contributed by atoms with Gasteiger partial charge in [-0.3, -0.25) is 4.79 Å². The molecule has 0 saturated heterocycles. The van der Waals surface area contributed by atoms with Crippen LogP contribution in [0.15, 0.2) is 54.6 Å². The number of hydrogen-bond donors (Lipinski definition) is 0. The Hall–Kier alpha value is -1.89. The zero-order chi connectivity index (χ0) is 14.7. The van der Waals surface area contributed by atoms with Crippen molar-refractivity contribution in [1.29, 1.82) is 0 Å². The van der Waals surface area contributed by atoms with Crippen LogP contribution in [-0.2, 0) is 0 Å². The Kier molecular flexibility index (Phi) is 4.19. The first kappa shape index (κ1) is 14.1. The molecule has 21 heavy (non-hydrogen) atoms. The second kappa shape index (κ2) is 6.26. The van der Waals surface area contributed by atoms with Crippen molar-refractivity contribution in [2.45, 2.75) is 32.6 Å². The highest BCUT2D eigenvalue weighted by Crippen LogP contribution is 2.31. The Balaban J connectivity index is 1.73. The van der Waals surface area contributed by atoms with Gasteiger partial charge in [-0.15, -0.1) is 0 Å². The summed E-state index contributed by atoms with van der Waals surface area (Å²) in [5.74, 6) is 1.36. The van der Waals surface area contributed by atoms with Crippen molar-refractivity contribution in [2.75, 3.05) is 0 Å². The van der Waals surface area contributed by atoms with E-state index in [1.165, 1.54) is 24.0 Å². The monoisotopic (exact) mass is 278 g/mol. The summed E-state index contributed by atoms with van der Waals surface area (Å²) >= 11 is 0. The van der Waals surface area contributed by atoms with E-state index in [2.05, 4.69) is 31.2 Å². The van der Waals surface area contributed by atoms with Crippen molar-refractivity contribution in [3.63, 3.8) is 0 Å². The van der Waals surface area contributed by atoms with Crippen LogP contribution >= 0.6 is 0 Å². The third kappa shape index (κ3) is 3.24. The van der Waals surface area contributed by atoms with E-state index in [0.717, 1.165) is 24.3 Å². The second-order valence-electron chi connectivity index (χ2n) is 6.26. The summed E-state index contributed by atoms with van der Waals surface area (Å²) in [7, 11) is 0. The van der Waals surface area contributed by atoms with Crippen LogP contribution < -0.4 is 0 Å². The van der Waals surface area contributed by atoms with Crippen molar-refractivity contribution in [2.24, 2.45) is 11.8 Å². The van der Waals surface area contributed by atoms with E-state index in [4.69, 9.17) is 0 Å². The van der Waals surface area contributed by atoms with Crippen LogP contribution in [0.5, 0.6) is 0 Å². The first-order valence-corrected chi connectivity index (χ1v) is 7.94. The molecule has 2 aromatic rings. The van der Waals surface area contributed by atoms with Crippen LogP contribution in [0.1, 0.15) is 43.0 Å². The molecule has 0 N–H and O–H groups in total. The summed E-state index contributed by atoms with van der Waals surface area (Å²) < 4.78 is 0. The number of Topliss-reactive ketones (excluding diaryl/α,β-unsaturated/α-hetero) is 1. The van der Waals surface area contributed by atoms with Crippen LogP contribution in [-0.4, -0.2) is 5.78 Å². The summed E-state index contributed by atoms with van der Waals surface area (Å²) in [5, 5.41) is 0. The van der Waals surface area contributed by atoms with Gasteiger partial charge in [-0.25, -0.2) is 0 Å². The van der Waals surface area contributed by atoms with E-state index >= 15 is 0 Å². The lowest BCUT2D eigenvalue weighted by atomic mass is 9.79. The average Bonchev–Trinajstić information content (AvgIpc) is 2.56. The fourth-order valence-electron chi connectivity index (χ4n) is 3.22. The molecule has 1 nitrogen and oxygen atoms in total. The number of ketones is 1. The molecule has 1 aliphatic rings. The molecule has 0 spiro atoms. The normalized spacial score (nSPS) is 22.0. The fourth-order valence-corrected chi connectivity index (χ4v) is 3.22. The van der Waals surface area contributed by atoms with Gasteiger partial charge in [-0.2, -0.15) is 0 Å². The Bertz CT molecular complexity index is 589. The molecular weight excluding hydrogens is 256 g/mol. The van der Waals surface area contributed by atoms with Crippen LogP contribution in [0.3, 0.4) is 0 Å². The molecule has 1 saturated carbocycles. The molecular formula is C20H22O. The van der Waals surface area contributed by atoms with Crippen molar-refractivity contribution in [3.8, 4) is 11.1 Å². The molecule has 0 aliphatic heterocycles. The van der Waals surface area contributed by atoms with E-state index in [1.807, 2.05) is 30.3 Å². The summed E-state index contributed by atoms with van der Waals surface area (Å²) in [6.07, 6.45) is 4.50. The Morgan fingerprint density at radius 2 is 1.38 bits per heavy atom. The highest BCUT2D eigenvalue weighted by Gasteiger charge is 2.25. The van der Waals surface area contributed by atoms with E-state index in [-0.39, 0.29) is 5.92 Å². The second-order valence-corrected chi connectivity index (χ2v) is 6.26. The number of benzene rings is 2. The molecule has 0 radical (unpaired) electrons. The van der Waals surface area contributed by atoms with Crippen LogP contribution in [0.4, 0.5) is 0 Å². The zero-order valence-electron chi connectivity index (χ0n) is 12.6. The van der Waals surface area contributed by atoms with Gasteiger partial charge in [0.25, 0.3) is 0 Å². The third-order valence-electron chi connectivity index (χ3n) is 4.66. The molecule has 0 aromatic heterocycles. The SMILES string of the molecule is CC1CCC(C(=O)c2ccc(-c3ccccc3)cc2)CC1. The van der Waals surface area contributed by atoms with Crippen LogP contribution in [0.25, 0.3) is 11.1 Å². The maximum absolute atomic E-state index is 12.6. The van der Waals surface area contributed by atoms with Crippen LogP contribution in [0, 0.1) is 11.8 Å². The van der Waals surface area contributed by atoms with Crippen molar-refractivity contribution in [1.82, 2.24) is 0 Å². The van der Waals surface area contributed by atoms with Crippen molar-refractivity contribution >= 4 is 5.78 Å². The fraction of sp³-hybridized carbons (Fsp3) is 0.350. The zero-order valence-corrected chi connectivity index (χ0v) is 12.6. The third-order valence-corrected chi connectivity index (χ3v) is 4.66. The molecule has 1 aliphatic carbocycles. The first-order valence-electron chi connectivity index (χ1n) is 7.94. The number of carbonyl (C=O) groups is 1. The molecule has 108 valence electrons. The Labute approximate surface area is 127 Å². The predicted molar refractivity (Wildman–Crippen MR) is 87.3 cm³/mol. The van der Waals surface area contributed by atoms with Gasteiger partial charge in [0.05, 0.1) is 0 Å². The number of carbonyl (C=O) groups excluding carboxylic acids is 1. The van der Waals surface area contributed by atoms with Gasteiger partial charge in [0.15, 0.2) is 5.78 Å². The minimum absolute atomic E-state index is 0.240. The number of rotatable bonds is 3. The summed E-state index contributed by atoms with van der Waals surface area (Å²) in [5.41, 5.74) is 3.24. The van der Waals surface area contributed by atoms with E-state index in [1.54, 1.807) is 0 Å². The van der Waals surface area contributed by atoms with Gasteiger partial charge < -0.3 is 0 Å². The first-order chi connectivity index (χ1) is 10.2. The topological polar surface area (TPSA) is 17.1 Å². The van der Waals surface area contributed by atoms with Gasteiger partial charge in [-0.1, -0.05) is 74.4 Å². The van der Waals surface area contributed by atoms with Gasteiger partial charge in [0, 0.05) is 11.5 Å². The molecule has 1 heteroatoms. The molecule has 2 aromatic carbocycles. The van der Waals surface area contributed by atoms with E-state index in [0.29, 0.717) is 5.78 Å². The average molecular weight is 278 g/mol. The number of hydrogen-bond acceptors (Lipinski definition) is 1. The molecule has 0 atom stereocenters. The Morgan fingerprint density at radius 1 is 0.810 bits per heavy atom. The maximum Gasteiger partial charge on any atom is 0.165 e. The minimum atomic E-state index is 0.240. The lowest BCUT2D eigenvalue weighted by Crippen LogP contribution is -2.20. The highest BCUT2D eigenvalue weighted by atomic mass is 16.1. The predicted octanol–water partition coefficient (Wildman–Crippen LogP) is 5.36. The standard InChI is InChI=1S/C20H22O/c1-15-7-9-18(10-8-15)20(21)19-13-11-17(12-14-19)16-5-3-2-4-6-16/h2-6,11-15,18H,7-10H2,1H3. The molecule has 0 unspecified atom stereocenters. The van der Waals surface area contributed by atoms with Crippen molar-refractivity contribution in [3.05, 3.63) is 60.2 Å². The molecule has 1 fully saturated rings. The highest BCUT2D eigenvalue weighted by molar-refractivity contribution is 5.98. The quantitative estimate of drug-likeness (QED) is 0.690.